The Balaban J connectivity index is 1.94. The highest BCUT2D eigenvalue weighted by Gasteiger charge is 2.34. The Kier molecular flexibility index (Phi) is 7.63. The van der Waals surface area contributed by atoms with Crippen LogP contribution in [-0.2, 0) is 9.53 Å². The van der Waals surface area contributed by atoms with Gasteiger partial charge in [-0.2, -0.15) is 0 Å². The zero-order valence-corrected chi connectivity index (χ0v) is 19.6. The highest BCUT2D eigenvalue weighted by Crippen LogP contribution is 2.32. The summed E-state index contributed by atoms with van der Waals surface area (Å²) >= 11 is 9.14. The molecule has 0 saturated carbocycles. The van der Waals surface area contributed by atoms with E-state index in [9.17, 15) is 4.79 Å². The number of thiocarbonyl (C=S) groups is 1. The lowest BCUT2D eigenvalue weighted by Crippen LogP contribution is -2.48. The van der Waals surface area contributed by atoms with Crippen LogP contribution >= 0.6 is 28.1 Å². The van der Waals surface area contributed by atoms with Gasteiger partial charge in [0.1, 0.15) is 5.76 Å². The monoisotopic (exact) mass is 492 g/mol. The van der Waals surface area contributed by atoms with Crippen LogP contribution in [0.2, 0.25) is 0 Å². The molecule has 1 atom stereocenters. The van der Waals surface area contributed by atoms with E-state index in [-0.39, 0.29) is 11.9 Å². The molecule has 30 heavy (non-hydrogen) atoms. The first-order valence-corrected chi connectivity index (χ1v) is 11.0. The lowest BCUT2D eigenvalue weighted by molar-refractivity contribution is -0.113. The number of allylic oxidation sites excluding steroid dienone is 1. The highest BCUT2D eigenvalue weighted by molar-refractivity contribution is 9.10. The number of hydrogen-bond acceptors (Lipinski definition) is 5. The topological polar surface area (TPSA) is 79.6 Å². The quantitative estimate of drug-likeness (QED) is 0.419. The number of ether oxygens (including phenoxy) is 1. The van der Waals surface area contributed by atoms with Gasteiger partial charge in [-0.25, -0.2) is 0 Å². The third-order valence-corrected chi connectivity index (χ3v) is 5.60. The SMILES string of the molecule is CCOCCCN1C(=S)NC(c2cccc(Br)c2)C(C(=O)Nc2cc(C)on2)=C1C. The van der Waals surface area contributed by atoms with Crippen LogP contribution in [-0.4, -0.2) is 40.8 Å². The van der Waals surface area contributed by atoms with Crippen molar-refractivity contribution in [1.29, 1.82) is 0 Å². The van der Waals surface area contributed by atoms with Crippen molar-refractivity contribution in [2.75, 3.05) is 25.1 Å². The van der Waals surface area contributed by atoms with Gasteiger partial charge in [-0.05, 0) is 57.1 Å². The molecule has 9 heteroatoms. The van der Waals surface area contributed by atoms with Crippen molar-refractivity contribution < 1.29 is 14.1 Å². The number of carbonyl (C=O) groups is 1. The average molecular weight is 493 g/mol. The van der Waals surface area contributed by atoms with Gasteiger partial charge in [-0.3, -0.25) is 4.79 Å². The molecule has 1 unspecified atom stereocenters. The summed E-state index contributed by atoms with van der Waals surface area (Å²) in [6.07, 6.45) is 0.798. The fourth-order valence-corrected chi connectivity index (χ4v) is 4.12. The number of nitrogens with one attached hydrogen (secondary N) is 2. The second-order valence-electron chi connectivity index (χ2n) is 6.92. The number of amides is 1. The smallest absolute Gasteiger partial charge is 0.257 e. The van der Waals surface area contributed by atoms with Crippen molar-refractivity contribution in [2.45, 2.75) is 33.2 Å². The molecule has 2 N–H and O–H groups in total. The van der Waals surface area contributed by atoms with Crippen molar-refractivity contribution in [3.63, 3.8) is 0 Å². The second-order valence-corrected chi connectivity index (χ2v) is 8.22. The third kappa shape index (κ3) is 5.27. The fraction of sp³-hybridized carbons (Fsp3) is 0.381. The molecular formula is C21H25BrN4O3S. The minimum absolute atomic E-state index is 0.254. The minimum Gasteiger partial charge on any atom is -0.382 e. The van der Waals surface area contributed by atoms with Gasteiger partial charge in [-0.1, -0.05) is 33.2 Å². The van der Waals surface area contributed by atoms with Gasteiger partial charge in [0, 0.05) is 36.0 Å². The Morgan fingerprint density at radius 3 is 2.87 bits per heavy atom. The van der Waals surface area contributed by atoms with E-state index in [4.69, 9.17) is 21.5 Å². The zero-order valence-electron chi connectivity index (χ0n) is 17.2. The van der Waals surface area contributed by atoms with Crippen molar-refractivity contribution in [3.8, 4) is 0 Å². The summed E-state index contributed by atoms with van der Waals surface area (Å²) < 4.78 is 11.4. The first-order valence-electron chi connectivity index (χ1n) is 9.77. The normalized spacial score (nSPS) is 16.6. The number of carbonyl (C=O) groups excluding carboxylic acids is 1. The minimum atomic E-state index is -0.383. The number of rotatable bonds is 8. The number of anilines is 1. The molecule has 0 aliphatic carbocycles. The predicted octanol–water partition coefficient (Wildman–Crippen LogP) is 4.32. The molecule has 7 nitrogen and oxygen atoms in total. The summed E-state index contributed by atoms with van der Waals surface area (Å²) in [7, 11) is 0. The van der Waals surface area contributed by atoms with Crippen LogP contribution in [0.15, 0.2) is 50.6 Å². The van der Waals surface area contributed by atoms with Crippen LogP contribution in [0.3, 0.4) is 0 Å². The molecule has 160 valence electrons. The zero-order chi connectivity index (χ0) is 21.7. The van der Waals surface area contributed by atoms with Crippen molar-refractivity contribution in [3.05, 3.63) is 57.4 Å². The van der Waals surface area contributed by atoms with Gasteiger partial charge in [0.15, 0.2) is 10.9 Å². The Morgan fingerprint density at radius 1 is 1.40 bits per heavy atom. The molecule has 2 heterocycles. The van der Waals surface area contributed by atoms with Gasteiger partial charge in [0.05, 0.1) is 11.6 Å². The molecule has 3 rings (SSSR count). The van der Waals surface area contributed by atoms with Crippen molar-refractivity contribution in [2.24, 2.45) is 0 Å². The van der Waals surface area contributed by atoms with Gasteiger partial charge < -0.3 is 24.8 Å². The van der Waals surface area contributed by atoms with E-state index in [2.05, 4.69) is 31.7 Å². The number of nitrogens with zero attached hydrogens (tertiary/aromatic N) is 2. The van der Waals surface area contributed by atoms with Crippen molar-refractivity contribution in [1.82, 2.24) is 15.4 Å². The van der Waals surface area contributed by atoms with Crippen LogP contribution in [0.4, 0.5) is 5.82 Å². The summed E-state index contributed by atoms with van der Waals surface area (Å²) in [6.45, 7) is 7.63. The van der Waals surface area contributed by atoms with E-state index in [1.165, 1.54) is 0 Å². The van der Waals surface area contributed by atoms with Crippen LogP contribution in [0.5, 0.6) is 0 Å². The van der Waals surface area contributed by atoms with Crippen molar-refractivity contribution >= 4 is 45.0 Å². The highest BCUT2D eigenvalue weighted by atomic mass is 79.9. The molecule has 0 radical (unpaired) electrons. The van der Waals surface area contributed by atoms with Crippen LogP contribution in [0, 0.1) is 6.92 Å². The van der Waals surface area contributed by atoms with Gasteiger partial charge in [0.25, 0.3) is 5.91 Å². The van der Waals surface area contributed by atoms with Gasteiger partial charge in [-0.15, -0.1) is 0 Å². The number of benzene rings is 1. The summed E-state index contributed by atoms with van der Waals surface area (Å²) in [6, 6.07) is 9.13. The molecule has 1 amide bonds. The summed E-state index contributed by atoms with van der Waals surface area (Å²) in [4.78, 5) is 15.2. The molecule has 1 aromatic carbocycles. The lowest BCUT2D eigenvalue weighted by Gasteiger charge is -2.38. The molecule has 0 fully saturated rings. The first kappa shape index (κ1) is 22.5. The Hall–Kier alpha value is -2.23. The molecule has 2 aromatic rings. The molecule has 1 aliphatic rings. The molecule has 1 aromatic heterocycles. The van der Waals surface area contributed by atoms with Gasteiger partial charge >= 0.3 is 0 Å². The molecule has 0 bridgehead atoms. The van der Waals surface area contributed by atoms with E-state index in [0.29, 0.717) is 42.0 Å². The van der Waals surface area contributed by atoms with E-state index in [1.54, 1.807) is 13.0 Å². The van der Waals surface area contributed by atoms with Crippen LogP contribution in [0.1, 0.15) is 37.6 Å². The lowest BCUT2D eigenvalue weighted by atomic mass is 9.94. The maximum absolute atomic E-state index is 13.3. The number of hydrogen-bond donors (Lipinski definition) is 2. The number of halogens is 1. The molecule has 0 saturated heterocycles. The van der Waals surface area contributed by atoms with E-state index >= 15 is 0 Å². The fourth-order valence-electron chi connectivity index (χ4n) is 3.36. The first-order chi connectivity index (χ1) is 14.4. The Morgan fingerprint density at radius 2 is 2.20 bits per heavy atom. The second kappa shape index (κ2) is 10.2. The number of aromatic nitrogens is 1. The van der Waals surface area contributed by atoms with Crippen LogP contribution < -0.4 is 10.6 Å². The van der Waals surface area contributed by atoms with E-state index in [0.717, 1.165) is 22.2 Å². The largest absolute Gasteiger partial charge is 0.382 e. The maximum Gasteiger partial charge on any atom is 0.257 e. The summed E-state index contributed by atoms with van der Waals surface area (Å²) in [5.41, 5.74) is 2.32. The number of aryl methyl sites for hydroxylation is 1. The van der Waals surface area contributed by atoms with E-state index in [1.807, 2.05) is 43.0 Å². The molecular weight excluding hydrogens is 468 g/mol. The average Bonchev–Trinajstić information content (AvgIpc) is 3.11. The van der Waals surface area contributed by atoms with E-state index < -0.39 is 0 Å². The Bertz CT molecular complexity index is 959. The third-order valence-electron chi connectivity index (χ3n) is 4.77. The predicted molar refractivity (Wildman–Crippen MR) is 123 cm³/mol. The standard InChI is InChI=1S/C21H25BrN4O3S/c1-4-28-10-6-9-26-14(3)18(20(27)23-17-11-13(2)29-25-17)19(24-21(26)30)15-7-5-8-16(22)12-15/h5,7-8,11-12,19H,4,6,9-10H2,1-3H3,(H,24,30)(H,23,25,27). The molecule has 0 spiro atoms. The summed E-state index contributed by atoms with van der Waals surface area (Å²) in [5.74, 6) is 0.748. The molecule has 1 aliphatic heterocycles. The maximum atomic E-state index is 13.3. The van der Waals surface area contributed by atoms with Gasteiger partial charge in [0.2, 0.25) is 0 Å². The summed E-state index contributed by atoms with van der Waals surface area (Å²) in [5, 5.41) is 10.6. The Labute approximate surface area is 189 Å². The van der Waals surface area contributed by atoms with Crippen LogP contribution in [0.25, 0.3) is 0 Å².